The SMILES string of the molecule is CNC(=O)c1cc(C2(C#N)CCC2)cc(CS(=O)(=O)c2cc(Br)cc3c2OCC3)c1O. The van der Waals surface area contributed by atoms with E-state index in [0.717, 1.165) is 12.0 Å². The number of amides is 1. The van der Waals surface area contributed by atoms with Gasteiger partial charge in [-0.15, -0.1) is 0 Å². The molecular weight excluding hydrogens is 484 g/mol. The van der Waals surface area contributed by atoms with E-state index < -0.39 is 32.7 Å². The second-order valence-corrected chi connectivity index (χ2v) is 10.8. The molecule has 2 aromatic rings. The van der Waals surface area contributed by atoms with Crippen molar-refractivity contribution in [1.82, 2.24) is 5.32 Å². The third kappa shape index (κ3) is 3.68. The van der Waals surface area contributed by atoms with Gasteiger partial charge in [0.2, 0.25) is 0 Å². The summed E-state index contributed by atoms with van der Waals surface area (Å²) in [6.07, 6.45) is 2.74. The topological polar surface area (TPSA) is 116 Å². The fourth-order valence-electron chi connectivity index (χ4n) is 4.13. The lowest BCUT2D eigenvalue weighted by molar-refractivity contribution is 0.0960. The lowest BCUT2D eigenvalue weighted by Crippen LogP contribution is -2.33. The van der Waals surface area contributed by atoms with E-state index in [0.29, 0.717) is 41.7 Å². The van der Waals surface area contributed by atoms with Crippen molar-refractivity contribution >= 4 is 31.7 Å². The number of aromatic hydroxyl groups is 1. The molecular formula is C22H21BrN2O5S. The molecule has 31 heavy (non-hydrogen) atoms. The van der Waals surface area contributed by atoms with Gasteiger partial charge in [0.15, 0.2) is 9.84 Å². The van der Waals surface area contributed by atoms with Crippen LogP contribution >= 0.6 is 15.9 Å². The molecule has 1 aliphatic carbocycles. The quantitative estimate of drug-likeness (QED) is 0.644. The van der Waals surface area contributed by atoms with Crippen LogP contribution in [0.2, 0.25) is 0 Å². The number of rotatable bonds is 5. The predicted octanol–water partition coefficient (Wildman–Crippen LogP) is 3.37. The minimum absolute atomic E-state index is 0.0394. The molecule has 0 radical (unpaired) electrons. The first-order valence-corrected chi connectivity index (χ1v) is 12.3. The van der Waals surface area contributed by atoms with E-state index in [9.17, 15) is 23.6 Å². The summed E-state index contributed by atoms with van der Waals surface area (Å²) >= 11 is 3.35. The average Bonchev–Trinajstić information content (AvgIpc) is 3.16. The van der Waals surface area contributed by atoms with E-state index >= 15 is 0 Å². The molecule has 1 fully saturated rings. The van der Waals surface area contributed by atoms with Gasteiger partial charge in [0.25, 0.3) is 5.91 Å². The average molecular weight is 505 g/mol. The summed E-state index contributed by atoms with van der Waals surface area (Å²) in [5, 5.41) is 22.9. The van der Waals surface area contributed by atoms with E-state index in [1.807, 2.05) is 6.07 Å². The molecule has 0 unspecified atom stereocenters. The van der Waals surface area contributed by atoms with Gasteiger partial charge >= 0.3 is 0 Å². The molecule has 2 aromatic carbocycles. The number of halogens is 1. The highest BCUT2D eigenvalue weighted by Crippen LogP contribution is 2.45. The van der Waals surface area contributed by atoms with Crippen LogP contribution in [-0.2, 0) is 27.4 Å². The van der Waals surface area contributed by atoms with Gasteiger partial charge in [-0.3, -0.25) is 4.79 Å². The minimum atomic E-state index is -3.92. The summed E-state index contributed by atoms with van der Waals surface area (Å²) in [6.45, 7) is 0.403. The Labute approximate surface area is 189 Å². The Morgan fingerprint density at radius 1 is 1.32 bits per heavy atom. The van der Waals surface area contributed by atoms with Crippen LogP contribution < -0.4 is 10.1 Å². The Balaban J connectivity index is 1.83. The number of hydrogen-bond donors (Lipinski definition) is 2. The zero-order chi connectivity index (χ0) is 22.4. The van der Waals surface area contributed by atoms with Crippen LogP contribution in [0.1, 0.15) is 46.3 Å². The van der Waals surface area contributed by atoms with Gasteiger partial charge < -0.3 is 15.2 Å². The molecule has 1 saturated carbocycles. The summed E-state index contributed by atoms with van der Waals surface area (Å²) in [5.41, 5.74) is 0.634. The first-order chi connectivity index (χ1) is 14.7. The molecule has 7 nitrogen and oxygen atoms in total. The molecule has 1 aliphatic heterocycles. The normalized spacial score (nSPS) is 16.5. The van der Waals surface area contributed by atoms with Crippen LogP contribution in [0, 0.1) is 11.3 Å². The van der Waals surface area contributed by atoms with Crippen molar-refractivity contribution in [1.29, 1.82) is 5.26 Å². The summed E-state index contributed by atoms with van der Waals surface area (Å²) in [6, 6.07) is 8.66. The predicted molar refractivity (Wildman–Crippen MR) is 117 cm³/mol. The van der Waals surface area contributed by atoms with Crippen LogP contribution in [-0.4, -0.2) is 33.1 Å². The van der Waals surface area contributed by atoms with Crippen LogP contribution in [0.15, 0.2) is 33.6 Å². The molecule has 0 bridgehead atoms. The molecule has 0 atom stereocenters. The number of nitrogens with zero attached hydrogens (tertiary/aromatic N) is 1. The number of phenols is 1. The summed E-state index contributed by atoms with van der Waals surface area (Å²) in [4.78, 5) is 12.4. The van der Waals surface area contributed by atoms with Crippen molar-refractivity contribution in [2.75, 3.05) is 13.7 Å². The first kappa shape index (κ1) is 21.7. The van der Waals surface area contributed by atoms with Gasteiger partial charge in [0.1, 0.15) is 16.4 Å². The highest BCUT2D eigenvalue weighted by atomic mass is 79.9. The van der Waals surface area contributed by atoms with Crippen molar-refractivity contribution < 1.29 is 23.1 Å². The first-order valence-electron chi connectivity index (χ1n) is 9.88. The number of benzene rings is 2. The molecule has 0 saturated heterocycles. The van der Waals surface area contributed by atoms with Gasteiger partial charge in [0, 0.05) is 23.5 Å². The fourth-order valence-corrected chi connectivity index (χ4v) is 6.35. The monoisotopic (exact) mass is 504 g/mol. The van der Waals surface area contributed by atoms with Crippen molar-refractivity contribution in [3.63, 3.8) is 0 Å². The molecule has 162 valence electrons. The zero-order valence-electron chi connectivity index (χ0n) is 16.9. The molecule has 0 aromatic heterocycles. The number of phenolic OH excluding ortho intramolecular Hbond substituents is 1. The maximum Gasteiger partial charge on any atom is 0.254 e. The van der Waals surface area contributed by atoms with Gasteiger partial charge in [-0.1, -0.05) is 15.9 Å². The van der Waals surface area contributed by atoms with Gasteiger partial charge in [0.05, 0.1) is 29.4 Å². The van der Waals surface area contributed by atoms with Crippen LogP contribution in [0.4, 0.5) is 0 Å². The Bertz CT molecular complexity index is 1230. The number of nitriles is 1. The minimum Gasteiger partial charge on any atom is -0.507 e. The van der Waals surface area contributed by atoms with Gasteiger partial charge in [-0.2, -0.15) is 5.26 Å². The Morgan fingerprint density at radius 2 is 2.06 bits per heavy atom. The van der Waals surface area contributed by atoms with E-state index in [-0.39, 0.29) is 16.0 Å². The molecule has 1 heterocycles. The molecule has 4 rings (SSSR count). The smallest absolute Gasteiger partial charge is 0.254 e. The van der Waals surface area contributed by atoms with Crippen molar-refractivity contribution in [3.8, 4) is 17.6 Å². The summed E-state index contributed by atoms with van der Waals surface area (Å²) < 4.78 is 32.9. The molecule has 2 N–H and O–H groups in total. The van der Waals surface area contributed by atoms with Gasteiger partial charge in [-0.25, -0.2) is 8.42 Å². The largest absolute Gasteiger partial charge is 0.507 e. The highest BCUT2D eigenvalue weighted by molar-refractivity contribution is 9.10. The number of hydrogen-bond acceptors (Lipinski definition) is 6. The number of sulfone groups is 1. The van der Waals surface area contributed by atoms with E-state index in [1.165, 1.54) is 19.2 Å². The maximum atomic E-state index is 13.4. The van der Waals surface area contributed by atoms with Gasteiger partial charge in [-0.05, 0) is 54.7 Å². The second-order valence-electron chi connectivity index (χ2n) is 7.91. The Morgan fingerprint density at radius 3 is 2.68 bits per heavy atom. The number of ether oxygens (including phenoxy) is 1. The number of carbonyl (C=O) groups is 1. The molecule has 2 aliphatic rings. The van der Waals surface area contributed by atoms with Crippen molar-refractivity contribution in [3.05, 3.63) is 51.0 Å². The fraction of sp³-hybridized carbons (Fsp3) is 0.364. The summed E-state index contributed by atoms with van der Waals surface area (Å²) in [7, 11) is -2.49. The third-order valence-electron chi connectivity index (χ3n) is 6.03. The van der Waals surface area contributed by atoms with Crippen LogP contribution in [0.5, 0.6) is 11.5 Å². The number of nitrogens with one attached hydrogen (secondary N) is 1. The number of carbonyl (C=O) groups excluding carboxylic acids is 1. The maximum absolute atomic E-state index is 13.4. The lowest BCUT2D eigenvalue weighted by atomic mass is 9.65. The van der Waals surface area contributed by atoms with E-state index in [2.05, 4.69) is 27.3 Å². The van der Waals surface area contributed by atoms with E-state index in [1.54, 1.807) is 6.07 Å². The standard InChI is InChI=1S/C22H21BrN2O5S/c1-25-21(27)17-9-15(22(12-24)4-2-5-22)7-14(19(17)26)11-31(28,29)18-10-16(23)8-13-3-6-30-20(13)18/h7-10,26H,2-6,11H2,1H3,(H,25,27). The number of fused-ring (bicyclic) bond motifs is 1. The molecule has 9 heteroatoms. The van der Waals surface area contributed by atoms with Crippen LogP contribution in [0.3, 0.4) is 0 Å². The second kappa shape index (κ2) is 7.84. The molecule has 1 amide bonds. The van der Waals surface area contributed by atoms with Crippen LogP contribution in [0.25, 0.3) is 0 Å². The zero-order valence-corrected chi connectivity index (χ0v) is 19.3. The summed E-state index contributed by atoms with van der Waals surface area (Å²) in [5.74, 6) is -1.13. The Hall–Kier alpha value is -2.57. The van der Waals surface area contributed by atoms with Crippen molar-refractivity contribution in [2.45, 2.75) is 41.7 Å². The van der Waals surface area contributed by atoms with Crippen molar-refractivity contribution in [2.24, 2.45) is 0 Å². The lowest BCUT2D eigenvalue weighted by Gasteiger charge is -2.36. The highest BCUT2D eigenvalue weighted by Gasteiger charge is 2.40. The third-order valence-corrected chi connectivity index (χ3v) is 8.15. The molecule has 0 spiro atoms. The van der Waals surface area contributed by atoms with E-state index in [4.69, 9.17) is 4.74 Å². The Kier molecular flexibility index (Phi) is 5.48.